The predicted octanol–water partition coefficient (Wildman–Crippen LogP) is 0.960. The summed E-state index contributed by atoms with van der Waals surface area (Å²) < 4.78 is 9.51. The van der Waals surface area contributed by atoms with Gasteiger partial charge in [-0.3, -0.25) is 4.79 Å². The highest BCUT2D eigenvalue weighted by Gasteiger charge is 2.15. The maximum atomic E-state index is 11.1. The lowest BCUT2D eigenvalue weighted by Gasteiger charge is -1.97. The molecule has 74 valence electrons. The van der Waals surface area contributed by atoms with Crippen LogP contribution in [0.25, 0.3) is 0 Å². The van der Waals surface area contributed by atoms with E-state index in [1.54, 1.807) is 13.8 Å². The van der Waals surface area contributed by atoms with E-state index in [9.17, 15) is 4.79 Å². The predicted molar refractivity (Wildman–Crippen MR) is 46.3 cm³/mol. The van der Waals surface area contributed by atoms with Crippen molar-refractivity contribution in [2.75, 3.05) is 6.61 Å². The van der Waals surface area contributed by atoms with Crippen LogP contribution in [0.2, 0.25) is 0 Å². The van der Waals surface area contributed by atoms with E-state index in [4.69, 9.17) is 14.5 Å². The Hall–Kier alpha value is -1.83. The van der Waals surface area contributed by atoms with Gasteiger partial charge in [0.25, 0.3) is 0 Å². The summed E-state index contributed by atoms with van der Waals surface area (Å²) in [5.74, 6) is 0.0177. The quantitative estimate of drug-likeness (QED) is 0.670. The lowest BCUT2D eigenvalue weighted by atomic mass is 10.2. The molecule has 0 saturated carbocycles. The molecule has 0 aromatic carbocycles. The molecule has 1 aromatic rings. The molecule has 0 radical (unpaired) electrons. The highest BCUT2D eigenvalue weighted by Crippen LogP contribution is 2.12. The molecule has 0 N–H and O–H groups in total. The van der Waals surface area contributed by atoms with Gasteiger partial charge in [0.05, 0.1) is 13.0 Å². The van der Waals surface area contributed by atoms with E-state index in [0.29, 0.717) is 23.6 Å². The van der Waals surface area contributed by atoms with Gasteiger partial charge in [-0.25, -0.2) is 0 Å². The number of aromatic nitrogens is 1. The van der Waals surface area contributed by atoms with Gasteiger partial charge in [-0.05, 0) is 13.8 Å². The topological polar surface area (TPSA) is 76.1 Å². The van der Waals surface area contributed by atoms with Crippen molar-refractivity contribution in [1.29, 1.82) is 5.26 Å². The summed E-state index contributed by atoms with van der Waals surface area (Å²) in [7, 11) is 0. The minimum atomic E-state index is -0.405. The number of nitriles is 1. The number of aryl methyl sites for hydroxylation is 1. The Morgan fingerprint density at radius 2 is 2.43 bits per heavy atom. The third kappa shape index (κ3) is 2.10. The number of ether oxygens (including phenoxy) is 1. The molecule has 0 aliphatic carbocycles. The maximum Gasteiger partial charge on any atom is 0.312 e. The third-order valence-electron chi connectivity index (χ3n) is 1.66. The summed E-state index contributed by atoms with van der Waals surface area (Å²) in [6.07, 6.45) is -0.0198. The molecule has 5 nitrogen and oxygen atoms in total. The Balaban J connectivity index is 2.77. The summed E-state index contributed by atoms with van der Waals surface area (Å²) in [5, 5.41) is 12.3. The molecule has 0 unspecified atom stereocenters. The van der Waals surface area contributed by atoms with Gasteiger partial charge in [-0.2, -0.15) is 5.26 Å². The van der Waals surface area contributed by atoms with Gasteiger partial charge in [0.1, 0.15) is 17.3 Å². The van der Waals surface area contributed by atoms with Crippen LogP contribution in [0.4, 0.5) is 0 Å². The summed E-state index contributed by atoms with van der Waals surface area (Å²) in [6, 6.07) is 1.93. The van der Waals surface area contributed by atoms with Crippen molar-refractivity contribution in [2.24, 2.45) is 0 Å². The number of esters is 1. The smallest absolute Gasteiger partial charge is 0.312 e. The number of nitrogens with zero attached hydrogens (tertiary/aromatic N) is 2. The van der Waals surface area contributed by atoms with Crippen LogP contribution < -0.4 is 0 Å². The second-order valence-electron chi connectivity index (χ2n) is 2.65. The molecule has 0 aliphatic heterocycles. The van der Waals surface area contributed by atoms with Crippen LogP contribution >= 0.6 is 0 Å². The monoisotopic (exact) mass is 194 g/mol. The lowest BCUT2D eigenvalue weighted by molar-refractivity contribution is -0.142. The molecule has 0 atom stereocenters. The highest BCUT2D eigenvalue weighted by molar-refractivity contribution is 5.72. The first-order valence-corrected chi connectivity index (χ1v) is 4.20. The molecule has 0 spiro atoms. The van der Waals surface area contributed by atoms with Crippen molar-refractivity contribution < 1.29 is 14.1 Å². The van der Waals surface area contributed by atoms with Crippen molar-refractivity contribution in [1.82, 2.24) is 5.16 Å². The average Bonchev–Trinajstić information content (AvgIpc) is 2.47. The van der Waals surface area contributed by atoms with E-state index < -0.39 is 5.97 Å². The summed E-state index contributed by atoms with van der Waals surface area (Å²) >= 11 is 0. The van der Waals surface area contributed by atoms with Gasteiger partial charge in [-0.1, -0.05) is 5.16 Å². The van der Waals surface area contributed by atoms with Gasteiger partial charge in [0.15, 0.2) is 5.76 Å². The van der Waals surface area contributed by atoms with Crippen molar-refractivity contribution in [2.45, 2.75) is 20.3 Å². The summed E-state index contributed by atoms with van der Waals surface area (Å²) in [4.78, 5) is 11.1. The first-order valence-electron chi connectivity index (χ1n) is 4.20. The molecule has 5 heteroatoms. The van der Waals surface area contributed by atoms with Gasteiger partial charge in [-0.15, -0.1) is 0 Å². The van der Waals surface area contributed by atoms with Crippen LogP contribution in [0.3, 0.4) is 0 Å². The van der Waals surface area contributed by atoms with Crippen LogP contribution in [0, 0.1) is 18.3 Å². The number of carbonyl (C=O) groups excluding carboxylic acids is 1. The number of carbonyl (C=O) groups is 1. The van der Waals surface area contributed by atoms with E-state index in [1.807, 2.05) is 6.07 Å². The zero-order chi connectivity index (χ0) is 10.6. The number of hydrogen-bond donors (Lipinski definition) is 0. The van der Waals surface area contributed by atoms with E-state index in [-0.39, 0.29) is 6.42 Å². The Morgan fingerprint density at radius 1 is 1.71 bits per heavy atom. The highest BCUT2D eigenvalue weighted by atomic mass is 16.5. The molecule has 0 saturated heterocycles. The van der Waals surface area contributed by atoms with Crippen molar-refractivity contribution in [3.8, 4) is 6.07 Å². The van der Waals surface area contributed by atoms with Gasteiger partial charge >= 0.3 is 5.97 Å². The minimum absolute atomic E-state index is 0.0198. The fraction of sp³-hybridized carbons (Fsp3) is 0.444. The van der Waals surface area contributed by atoms with E-state index in [1.165, 1.54) is 0 Å². The molecule has 0 bridgehead atoms. The van der Waals surface area contributed by atoms with E-state index in [0.717, 1.165) is 0 Å². The van der Waals surface area contributed by atoms with Gasteiger partial charge in [0, 0.05) is 0 Å². The standard InChI is InChI=1S/C9H10N2O3/c1-3-13-9(12)4-8-7(5-10)6(2)14-11-8/h3-4H2,1-2H3. The van der Waals surface area contributed by atoms with Crippen molar-refractivity contribution in [3.05, 3.63) is 17.0 Å². The van der Waals surface area contributed by atoms with Crippen LogP contribution in [0.15, 0.2) is 4.52 Å². The van der Waals surface area contributed by atoms with Crippen LogP contribution in [0.5, 0.6) is 0 Å². The minimum Gasteiger partial charge on any atom is -0.466 e. The van der Waals surface area contributed by atoms with Crippen molar-refractivity contribution in [3.63, 3.8) is 0 Å². The fourth-order valence-electron chi connectivity index (χ4n) is 1.03. The Morgan fingerprint density at radius 3 is 3.00 bits per heavy atom. The van der Waals surface area contributed by atoms with Crippen molar-refractivity contribution >= 4 is 5.97 Å². The van der Waals surface area contributed by atoms with Crippen LogP contribution in [0.1, 0.15) is 23.9 Å². The molecule has 0 fully saturated rings. The number of hydrogen-bond acceptors (Lipinski definition) is 5. The first kappa shape index (κ1) is 10.3. The zero-order valence-electron chi connectivity index (χ0n) is 8.03. The molecular weight excluding hydrogens is 184 g/mol. The summed E-state index contributed by atoms with van der Waals surface area (Å²) in [5.41, 5.74) is 0.654. The third-order valence-corrected chi connectivity index (χ3v) is 1.66. The lowest BCUT2D eigenvalue weighted by Crippen LogP contribution is -2.08. The molecular formula is C9H10N2O3. The second kappa shape index (κ2) is 4.42. The van der Waals surface area contributed by atoms with Gasteiger partial charge in [0.2, 0.25) is 0 Å². The van der Waals surface area contributed by atoms with Gasteiger partial charge < -0.3 is 9.26 Å². The normalized spacial score (nSPS) is 9.50. The average molecular weight is 194 g/mol. The SMILES string of the molecule is CCOC(=O)Cc1noc(C)c1C#N. The number of rotatable bonds is 3. The largest absolute Gasteiger partial charge is 0.466 e. The molecule has 0 aliphatic rings. The second-order valence-corrected chi connectivity index (χ2v) is 2.65. The van der Waals surface area contributed by atoms with E-state index in [2.05, 4.69) is 5.16 Å². The molecule has 1 aromatic heterocycles. The zero-order valence-corrected chi connectivity index (χ0v) is 8.03. The molecule has 0 amide bonds. The van der Waals surface area contributed by atoms with Crippen LogP contribution in [-0.4, -0.2) is 17.7 Å². The Bertz CT molecular complexity index is 376. The van der Waals surface area contributed by atoms with E-state index >= 15 is 0 Å². The Kier molecular flexibility index (Phi) is 3.24. The van der Waals surface area contributed by atoms with Crippen LogP contribution in [-0.2, 0) is 16.0 Å². The molecule has 1 rings (SSSR count). The maximum absolute atomic E-state index is 11.1. The molecule has 14 heavy (non-hydrogen) atoms. The first-order chi connectivity index (χ1) is 6.69. The summed E-state index contributed by atoms with van der Waals surface area (Å²) in [6.45, 7) is 3.66. The Labute approximate surface area is 81.3 Å². The molecule has 1 heterocycles. The fourth-order valence-corrected chi connectivity index (χ4v) is 1.03.